The van der Waals surface area contributed by atoms with Crippen LogP contribution in [0.1, 0.15) is 80.6 Å². The van der Waals surface area contributed by atoms with Crippen molar-refractivity contribution in [3.05, 3.63) is 22.5 Å². The third kappa shape index (κ3) is 9.38. The Hall–Kier alpha value is -2.91. The number of hydrogen-bond acceptors (Lipinski definition) is 8. The van der Waals surface area contributed by atoms with E-state index in [2.05, 4.69) is 27.8 Å². The van der Waals surface area contributed by atoms with E-state index in [4.69, 9.17) is 0 Å². The smallest absolute Gasteiger partial charge is 0.315 e. The van der Waals surface area contributed by atoms with Gasteiger partial charge >= 0.3 is 6.03 Å². The lowest BCUT2D eigenvalue weighted by molar-refractivity contribution is -0.143. The minimum Gasteiger partial charge on any atom is -0.346 e. The topological polar surface area (TPSA) is 174 Å². The van der Waals surface area contributed by atoms with Crippen molar-refractivity contribution in [2.75, 3.05) is 31.9 Å². The van der Waals surface area contributed by atoms with Crippen molar-refractivity contribution >= 4 is 51.3 Å². The van der Waals surface area contributed by atoms with Gasteiger partial charge in [-0.25, -0.2) is 13.2 Å². The number of likely N-dealkylation sites (tertiary alicyclic amines) is 1. The van der Waals surface area contributed by atoms with Crippen LogP contribution in [0.15, 0.2) is 22.5 Å². The van der Waals surface area contributed by atoms with Crippen molar-refractivity contribution in [3.8, 4) is 0 Å². The Balaban J connectivity index is 1.72. The van der Waals surface area contributed by atoms with E-state index in [-0.39, 0.29) is 26.1 Å². The zero-order chi connectivity index (χ0) is 35.3. The molecular weight excluding hydrogens is 645 g/mol. The lowest BCUT2D eigenvalue weighted by Crippen LogP contribution is -2.61. The molecule has 5 amide bonds. The van der Waals surface area contributed by atoms with Crippen LogP contribution < -0.4 is 21.3 Å². The number of allylic oxidation sites excluding steroid dienone is 1. The number of ketones is 1. The molecule has 3 aliphatic heterocycles. The summed E-state index contributed by atoms with van der Waals surface area (Å²) in [6, 6.07) is -4.13. The zero-order valence-electron chi connectivity index (χ0n) is 28.7. The summed E-state index contributed by atoms with van der Waals surface area (Å²) in [5.74, 6) is -1.80. The second kappa shape index (κ2) is 15.5. The third-order valence-electron chi connectivity index (χ3n) is 8.69. The van der Waals surface area contributed by atoms with Gasteiger partial charge in [-0.05, 0) is 36.5 Å². The highest BCUT2D eigenvalue weighted by Crippen LogP contribution is 2.42. The van der Waals surface area contributed by atoms with Crippen molar-refractivity contribution < 1.29 is 32.4 Å². The molecule has 0 bridgehead atoms. The summed E-state index contributed by atoms with van der Waals surface area (Å²) in [7, 11) is -3.59. The molecule has 4 atom stereocenters. The summed E-state index contributed by atoms with van der Waals surface area (Å²) in [5, 5.41) is 10.9. The van der Waals surface area contributed by atoms with E-state index >= 15 is 0 Å². The molecule has 0 spiro atoms. The van der Waals surface area contributed by atoms with Gasteiger partial charge in [0.1, 0.15) is 12.1 Å². The molecule has 3 rings (SSSR count). The Bertz CT molecular complexity index is 1380. The van der Waals surface area contributed by atoms with Gasteiger partial charge in [-0.1, -0.05) is 61.0 Å². The fourth-order valence-electron chi connectivity index (χ4n) is 5.88. The summed E-state index contributed by atoms with van der Waals surface area (Å²) in [5.41, 5.74) is -1.26. The summed E-state index contributed by atoms with van der Waals surface area (Å²) >= 11 is 1.56. The minimum absolute atomic E-state index is 0.0819. The van der Waals surface area contributed by atoms with Crippen LogP contribution in [-0.2, 0) is 29.2 Å². The quantitative estimate of drug-likeness (QED) is 0.168. The number of rotatable bonds is 13. The van der Waals surface area contributed by atoms with Gasteiger partial charge in [0.25, 0.3) is 5.91 Å². The standard InChI is InChI=1S/C32H52N6O7S2/c1-9-12-20(25(39)28(41)33-15-10-2)34-27(40)21-13-11-16-38(21)29(42)26(32(6,7)8)36-30(43)35-24(31(3,4)5)19-37-18-22-23(14-17-46-22)47(37,44)45/h10,20-21,24,26H,2,9,11-19H2,1,3-8H3,(H,33,41)(H,34,40)(H2,35,36,43)/t20?,21-,24+,26+/m0/s1. The monoisotopic (exact) mass is 696 g/mol. The number of carbonyl (C=O) groups excluding carboxylic acids is 5. The van der Waals surface area contributed by atoms with Crippen LogP contribution in [0.4, 0.5) is 4.79 Å². The Kier molecular flexibility index (Phi) is 12.7. The predicted molar refractivity (Wildman–Crippen MR) is 183 cm³/mol. The molecule has 0 aliphatic carbocycles. The fourth-order valence-corrected chi connectivity index (χ4v) is 9.32. The number of urea groups is 1. The Morgan fingerprint density at radius 1 is 1.04 bits per heavy atom. The molecule has 15 heteroatoms. The SMILES string of the molecule is C=CCNC(=O)C(=O)C(CCC)NC(=O)[C@@H]1CCCN1C(=O)[C@@H](NC(=O)N[C@H](CN1CC2=C(CCS2)S1(=O)=O)C(C)(C)C)C(C)(C)C. The van der Waals surface area contributed by atoms with Crippen LogP contribution in [0.25, 0.3) is 0 Å². The van der Waals surface area contributed by atoms with Gasteiger partial charge in [0.05, 0.1) is 10.9 Å². The van der Waals surface area contributed by atoms with Crippen LogP contribution in [0.3, 0.4) is 0 Å². The van der Waals surface area contributed by atoms with Crippen molar-refractivity contribution in [3.63, 3.8) is 0 Å². The molecule has 264 valence electrons. The van der Waals surface area contributed by atoms with Crippen LogP contribution in [-0.4, -0.2) is 103 Å². The Morgan fingerprint density at radius 2 is 1.72 bits per heavy atom. The second-order valence-corrected chi connectivity index (χ2v) is 17.6. The van der Waals surface area contributed by atoms with Gasteiger partial charge in [0, 0.05) is 42.9 Å². The minimum atomic E-state index is -3.59. The van der Waals surface area contributed by atoms with E-state index in [9.17, 15) is 32.4 Å². The van der Waals surface area contributed by atoms with E-state index in [1.54, 1.807) is 11.8 Å². The van der Waals surface area contributed by atoms with Crippen molar-refractivity contribution in [2.45, 2.75) is 105 Å². The number of amides is 5. The number of sulfonamides is 1. The molecule has 1 saturated heterocycles. The van der Waals surface area contributed by atoms with E-state index < -0.39 is 74.6 Å². The molecule has 0 aromatic carbocycles. The number of nitrogens with zero attached hydrogens (tertiary/aromatic N) is 2. The van der Waals surface area contributed by atoms with Crippen LogP contribution in [0.5, 0.6) is 0 Å². The largest absolute Gasteiger partial charge is 0.346 e. The molecule has 3 heterocycles. The zero-order valence-corrected chi connectivity index (χ0v) is 30.4. The molecule has 0 aromatic rings. The molecule has 4 N–H and O–H groups in total. The maximum absolute atomic E-state index is 14.0. The first-order valence-electron chi connectivity index (χ1n) is 16.3. The maximum atomic E-state index is 14.0. The van der Waals surface area contributed by atoms with E-state index in [1.165, 1.54) is 15.3 Å². The van der Waals surface area contributed by atoms with Crippen molar-refractivity contribution in [1.82, 2.24) is 30.5 Å². The normalized spacial score (nSPS) is 21.4. The molecule has 13 nitrogen and oxygen atoms in total. The molecule has 1 fully saturated rings. The van der Waals surface area contributed by atoms with Crippen LogP contribution in [0.2, 0.25) is 0 Å². The first-order chi connectivity index (χ1) is 21.8. The van der Waals surface area contributed by atoms with Crippen LogP contribution >= 0.6 is 11.8 Å². The Morgan fingerprint density at radius 3 is 2.30 bits per heavy atom. The lowest BCUT2D eigenvalue weighted by Gasteiger charge is -2.38. The highest BCUT2D eigenvalue weighted by Gasteiger charge is 2.45. The number of thioether (sulfide) groups is 1. The number of nitrogens with one attached hydrogen (secondary N) is 4. The van der Waals surface area contributed by atoms with Gasteiger partial charge in [0.2, 0.25) is 27.6 Å². The van der Waals surface area contributed by atoms with Crippen molar-refractivity contribution in [1.29, 1.82) is 0 Å². The maximum Gasteiger partial charge on any atom is 0.315 e. The van der Waals surface area contributed by atoms with E-state index in [0.717, 1.165) is 10.7 Å². The molecule has 0 radical (unpaired) electrons. The third-order valence-corrected chi connectivity index (χ3v) is 12.0. The lowest BCUT2D eigenvalue weighted by atomic mass is 9.85. The number of carbonyl (C=O) groups is 5. The van der Waals surface area contributed by atoms with Crippen LogP contribution in [0, 0.1) is 10.8 Å². The van der Waals surface area contributed by atoms with Crippen molar-refractivity contribution in [2.24, 2.45) is 10.8 Å². The van der Waals surface area contributed by atoms with Gasteiger partial charge in [0.15, 0.2) is 0 Å². The molecule has 0 saturated carbocycles. The van der Waals surface area contributed by atoms with Gasteiger partial charge in [-0.2, -0.15) is 4.31 Å². The molecular formula is C32H52N6O7S2. The molecule has 3 aliphatic rings. The average molecular weight is 697 g/mol. The molecule has 1 unspecified atom stereocenters. The first-order valence-corrected chi connectivity index (χ1v) is 18.7. The Labute approximate surface area is 283 Å². The summed E-state index contributed by atoms with van der Waals surface area (Å²) < 4.78 is 27.8. The molecule has 47 heavy (non-hydrogen) atoms. The summed E-state index contributed by atoms with van der Waals surface area (Å²) in [6.07, 6.45) is 3.67. The first kappa shape index (κ1) is 38.5. The van der Waals surface area contributed by atoms with Gasteiger partial charge in [-0.3, -0.25) is 19.2 Å². The highest BCUT2D eigenvalue weighted by molar-refractivity contribution is 8.05. The van der Waals surface area contributed by atoms with E-state index in [0.29, 0.717) is 37.1 Å². The predicted octanol–water partition coefficient (Wildman–Crippen LogP) is 2.26. The van der Waals surface area contributed by atoms with Gasteiger partial charge in [-0.15, -0.1) is 18.3 Å². The van der Waals surface area contributed by atoms with E-state index in [1.807, 2.05) is 48.5 Å². The summed E-state index contributed by atoms with van der Waals surface area (Å²) in [6.45, 7) is 17.3. The highest BCUT2D eigenvalue weighted by atomic mass is 32.2. The number of Topliss-reactive ketones (excluding diaryl/α,β-unsaturated/α-hetero) is 1. The average Bonchev–Trinajstić information content (AvgIpc) is 3.70. The number of hydrogen-bond donors (Lipinski definition) is 4. The summed E-state index contributed by atoms with van der Waals surface area (Å²) in [4.78, 5) is 68.9. The second-order valence-electron chi connectivity index (χ2n) is 14.5. The molecule has 0 aromatic heterocycles. The fraction of sp³-hybridized carbons (Fsp3) is 0.719. The van der Waals surface area contributed by atoms with Gasteiger partial charge < -0.3 is 26.2 Å².